The number of pyridine rings is 1. The molecule has 0 fully saturated rings. The van der Waals surface area contributed by atoms with Crippen molar-refractivity contribution in [2.24, 2.45) is 0 Å². The van der Waals surface area contributed by atoms with Crippen LogP contribution in [0.15, 0.2) is 83.9 Å². The van der Waals surface area contributed by atoms with Crippen molar-refractivity contribution in [2.75, 3.05) is 0 Å². The third-order valence-electron chi connectivity index (χ3n) is 7.41. The number of halogens is 1. The van der Waals surface area contributed by atoms with Crippen LogP contribution < -0.4 is 34.1 Å². The molecule has 0 N–H and O–H groups in total. The van der Waals surface area contributed by atoms with E-state index in [1.165, 1.54) is 32.1 Å². The second-order valence-corrected chi connectivity index (χ2v) is 10.2. The van der Waals surface area contributed by atoms with Gasteiger partial charge in [0.25, 0.3) is 5.56 Å². The molecule has 0 bridgehead atoms. The summed E-state index contributed by atoms with van der Waals surface area (Å²) >= 11 is 0. The number of aryl methyl sites for hydroxylation is 2. The summed E-state index contributed by atoms with van der Waals surface area (Å²) in [6.07, 6.45) is 13.7. The van der Waals surface area contributed by atoms with Crippen LogP contribution in [-0.2, 0) is 13.1 Å². The van der Waals surface area contributed by atoms with Crippen LogP contribution in [0.2, 0.25) is 0 Å². The monoisotopic (exact) mass is 634 g/mol. The van der Waals surface area contributed by atoms with E-state index in [0.29, 0.717) is 12.1 Å². The molecule has 0 spiro atoms. The molecule has 2 aromatic carbocycles. The van der Waals surface area contributed by atoms with Gasteiger partial charge in [0, 0.05) is 24.6 Å². The predicted molar refractivity (Wildman–Crippen MR) is 156 cm³/mol. The van der Waals surface area contributed by atoms with E-state index in [9.17, 15) is 4.79 Å². The predicted octanol–water partition coefficient (Wildman–Crippen LogP) is 4.44. The zero-order chi connectivity index (χ0) is 26.3. The lowest BCUT2D eigenvalue weighted by Gasteiger charge is -2.14. The van der Waals surface area contributed by atoms with Crippen molar-refractivity contribution in [1.82, 2.24) is 14.0 Å². The highest BCUT2D eigenvalue weighted by Crippen LogP contribution is 2.31. The second kappa shape index (κ2) is 13.9. The lowest BCUT2D eigenvalue weighted by Crippen LogP contribution is -3.00. The van der Waals surface area contributed by atoms with Crippen molar-refractivity contribution in [2.45, 2.75) is 78.3 Å². The van der Waals surface area contributed by atoms with Crippen LogP contribution in [-0.4, -0.2) is 14.0 Å². The standard InChI is InChI=1S/C33H39N4O.HI/c1-3-5-7-14-22-35-23-16-19-27(25-35)32-34-30(26-17-10-9-11-18-26)31-33(38)36(24-15-8-6-4-2)28-20-12-13-21-29(28)37(31)32;/h9-13,16-21,23,25H,3-8,14-15,22,24H2,1-2H3;1H/q+1;/p-1. The Labute approximate surface area is 248 Å². The molecule has 3 heterocycles. The molecule has 0 amide bonds. The molecule has 6 heteroatoms. The maximum absolute atomic E-state index is 14.2. The molecule has 5 nitrogen and oxygen atoms in total. The number of nitrogens with zero attached hydrogens (tertiary/aromatic N) is 4. The Morgan fingerprint density at radius 2 is 1.41 bits per heavy atom. The Morgan fingerprint density at radius 3 is 2.15 bits per heavy atom. The molecule has 5 aromatic rings. The molecule has 0 radical (unpaired) electrons. The van der Waals surface area contributed by atoms with Crippen molar-refractivity contribution in [1.29, 1.82) is 0 Å². The van der Waals surface area contributed by atoms with Crippen LogP contribution in [0.3, 0.4) is 0 Å². The van der Waals surface area contributed by atoms with Gasteiger partial charge >= 0.3 is 0 Å². The van der Waals surface area contributed by atoms with Crippen molar-refractivity contribution in [3.05, 3.63) is 89.5 Å². The lowest BCUT2D eigenvalue weighted by atomic mass is 10.1. The van der Waals surface area contributed by atoms with Gasteiger partial charge in [0.2, 0.25) is 0 Å². The number of hydrogen-bond acceptors (Lipinski definition) is 2. The van der Waals surface area contributed by atoms with Crippen LogP contribution in [0.25, 0.3) is 39.2 Å². The van der Waals surface area contributed by atoms with E-state index >= 15 is 0 Å². The lowest BCUT2D eigenvalue weighted by molar-refractivity contribution is -0.696. The number of imidazole rings is 1. The summed E-state index contributed by atoms with van der Waals surface area (Å²) in [4.78, 5) is 19.4. The quantitative estimate of drug-likeness (QED) is 0.116. The maximum atomic E-state index is 14.2. The first-order valence-corrected chi connectivity index (χ1v) is 14.3. The van der Waals surface area contributed by atoms with Crippen molar-refractivity contribution in [3.63, 3.8) is 0 Å². The Balaban J connectivity index is 0.00000353. The van der Waals surface area contributed by atoms with E-state index in [1.807, 2.05) is 41.0 Å². The van der Waals surface area contributed by atoms with Crippen molar-refractivity contribution < 1.29 is 28.5 Å². The molecule has 3 aromatic heterocycles. The average molecular weight is 635 g/mol. The van der Waals surface area contributed by atoms with Gasteiger partial charge in [-0.05, 0) is 31.0 Å². The van der Waals surface area contributed by atoms with Gasteiger partial charge in [0.1, 0.15) is 17.8 Å². The van der Waals surface area contributed by atoms with E-state index in [4.69, 9.17) is 4.98 Å². The Bertz CT molecular complexity index is 1570. The molecular formula is C33H39IN4O. The third kappa shape index (κ3) is 6.26. The minimum absolute atomic E-state index is 0. The van der Waals surface area contributed by atoms with Crippen LogP contribution in [0, 0.1) is 0 Å². The number of benzene rings is 2. The number of fused-ring (bicyclic) bond motifs is 3. The van der Waals surface area contributed by atoms with Gasteiger partial charge in [0.15, 0.2) is 18.2 Å². The second-order valence-electron chi connectivity index (χ2n) is 10.2. The molecule has 0 aliphatic heterocycles. The highest BCUT2D eigenvalue weighted by atomic mass is 127. The molecule has 5 rings (SSSR count). The van der Waals surface area contributed by atoms with E-state index in [-0.39, 0.29) is 29.5 Å². The summed E-state index contributed by atoms with van der Waals surface area (Å²) in [5.74, 6) is 0.813. The summed E-state index contributed by atoms with van der Waals surface area (Å²) < 4.78 is 6.32. The highest BCUT2D eigenvalue weighted by molar-refractivity contribution is 5.88. The van der Waals surface area contributed by atoms with E-state index in [0.717, 1.165) is 59.5 Å². The summed E-state index contributed by atoms with van der Waals surface area (Å²) in [5, 5.41) is 0. The van der Waals surface area contributed by atoms with Gasteiger partial charge < -0.3 is 28.5 Å². The first kappa shape index (κ1) is 29.0. The van der Waals surface area contributed by atoms with E-state index in [1.54, 1.807) is 0 Å². The van der Waals surface area contributed by atoms with E-state index < -0.39 is 0 Å². The van der Waals surface area contributed by atoms with E-state index in [2.05, 4.69) is 65.5 Å². The van der Waals surface area contributed by atoms with Gasteiger partial charge in [-0.15, -0.1) is 0 Å². The van der Waals surface area contributed by atoms with Crippen LogP contribution in [0.1, 0.15) is 65.2 Å². The maximum Gasteiger partial charge on any atom is 0.277 e. The number of unbranched alkanes of at least 4 members (excludes halogenated alkanes) is 6. The fourth-order valence-corrected chi connectivity index (χ4v) is 5.39. The molecule has 0 saturated heterocycles. The normalized spacial score (nSPS) is 11.2. The van der Waals surface area contributed by atoms with Gasteiger partial charge in [0.05, 0.1) is 16.6 Å². The summed E-state index contributed by atoms with van der Waals surface area (Å²) in [6.45, 7) is 6.15. The molecule has 39 heavy (non-hydrogen) atoms. The van der Waals surface area contributed by atoms with Crippen LogP contribution in [0.4, 0.5) is 0 Å². The fourth-order valence-electron chi connectivity index (χ4n) is 5.39. The number of rotatable bonds is 12. The molecule has 0 unspecified atom stereocenters. The summed E-state index contributed by atoms with van der Waals surface area (Å²) in [5.41, 5.74) is 5.38. The third-order valence-corrected chi connectivity index (χ3v) is 7.41. The van der Waals surface area contributed by atoms with Crippen molar-refractivity contribution >= 4 is 16.6 Å². The van der Waals surface area contributed by atoms with Gasteiger partial charge in [-0.25, -0.2) is 9.55 Å². The average Bonchev–Trinajstić information content (AvgIpc) is 3.37. The molecule has 0 aliphatic rings. The zero-order valence-corrected chi connectivity index (χ0v) is 25.3. The minimum Gasteiger partial charge on any atom is -1.00 e. The summed E-state index contributed by atoms with van der Waals surface area (Å²) in [7, 11) is 0. The van der Waals surface area contributed by atoms with Crippen molar-refractivity contribution in [3.8, 4) is 22.6 Å². The minimum atomic E-state index is 0. The van der Waals surface area contributed by atoms with Gasteiger partial charge in [-0.3, -0.25) is 9.20 Å². The topological polar surface area (TPSA) is 43.2 Å². The Morgan fingerprint density at radius 1 is 0.744 bits per heavy atom. The van der Waals surface area contributed by atoms with Crippen LogP contribution in [0.5, 0.6) is 0 Å². The molecule has 0 aliphatic carbocycles. The zero-order valence-electron chi connectivity index (χ0n) is 23.2. The fraction of sp³-hybridized carbons (Fsp3) is 0.364. The number of aromatic nitrogens is 4. The van der Waals surface area contributed by atoms with Crippen LogP contribution >= 0.6 is 0 Å². The van der Waals surface area contributed by atoms with Gasteiger partial charge in [-0.1, -0.05) is 88.4 Å². The first-order chi connectivity index (χ1) is 18.7. The largest absolute Gasteiger partial charge is 1.00 e. The van der Waals surface area contributed by atoms with Gasteiger partial charge in [-0.2, -0.15) is 0 Å². The number of para-hydroxylation sites is 2. The first-order valence-electron chi connectivity index (χ1n) is 14.3. The number of hydrogen-bond donors (Lipinski definition) is 0. The summed E-state index contributed by atoms with van der Waals surface area (Å²) in [6, 6.07) is 22.6. The Kier molecular flexibility index (Phi) is 10.3. The Hall–Kier alpha value is -3.00. The highest BCUT2D eigenvalue weighted by Gasteiger charge is 2.23. The molecule has 204 valence electrons. The molecular weight excluding hydrogens is 595 g/mol. The molecule has 0 saturated carbocycles. The SMILES string of the molecule is CCCCCCn1c(=O)c2c(-c3ccccc3)nc(-c3ccc[n+](CCCCCC)c3)n2c2ccccc21.[I-]. The smallest absolute Gasteiger partial charge is 0.277 e. The molecule has 0 atom stereocenters.